The summed E-state index contributed by atoms with van der Waals surface area (Å²) in [5, 5.41) is 7.07. The Kier molecular flexibility index (Phi) is 9.63. The Labute approximate surface area is 155 Å². The molecule has 2 fully saturated rings. The first-order chi connectivity index (χ1) is 12.2. The Morgan fingerprint density at radius 1 is 0.960 bits per heavy atom. The van der Waals surface area contributed by atoms with Crippen LogP contribution >= 0.6 is 0 Å². The van der Waals surface area contributed by atoms with Crippen molar-refractivity contribution in [2.24, 2.45) is 10.9 Å². The fourth-order valence-electron chi connectivity index (χ4n) is 3.88. The lowest BCUT2D eigenvalue weighted by Gasteiger charge is -2.33. The molecule has 2 N–H and O–H groups in total. The van der Waals surface area contributed by atoms with E-state index in [2.05, 4.69) is 41.2 Å². The van der Waals surface area contributed by atoms with Crippen molar-refractivity contribution in [1.82, 2.24) is 20.4 Å². The van der Waals surface area contributed by atoms with Gasteiger partial charge in [-0.05, 0) is 64.5 Å². The van der Waals surface area contributed by atoms with E-state index in [0.29, 0.717) is 6.04 Å². The van der Waals surface area contributed by atoms with E-state index >= 15 is 0 Å². The fraction of sp³-hybridized carbons (Fsp3) is 0.950. The van der Waals surface area contributed by atoms with E-state index in [1.165, 1.54) is 77.8 Å². The molecule has 0 amide bonds. The van der Waals surface area contributed by atoms with Crippen LogP contribution in [0, 0.1) is 5.92 Å². The lowest BCUT2D eigenvalue weighted by Crippen LogP contribution is -2.46. The molecule has 0 spiro atoms. The van der Waals surface area contributed by atoms with Crippen LogP contribution in [0.4, 0.5) is 0 Å². The minimum Gasteiger partial charge on any atom is -0.357 e. The quantitative estimate of drug-likeness (QED) is 0.401. The van der Waals surface area contributed by atoms with E-state index in [1.807, 2.05) is 0 Å². The number of nitrogens with one attached hydrogen (secondary N) is 2. The van der Waals surface area contributed by atoms with Gasteiger partial charge in [-0.2, -0.15) is 0 Å². The van der Waals surface area contributed by atoms with Crippen LogP contribution in [0.2, 0.25) is 0 Å². The molecule has 25 heavy (non-hydrogen) atoms. The van der Waals surface area contributed by atoms with E-state index in [9.17, 15) is 0 Å². The summed E-state index contributed by atoms with van der Waals surface area (Å²) >= 11 is 0. The predicted octanol–water partition coefficient (Wildman–Crippen LogP) is 2.54. The van der Waals surface area contributed by atoms with E-state index < -0.39 is 0 Å². The molecule has 2 aliphatic rings. The second-order valence-corrected chi connectivity index (χ2v) is 7.84. The highest BCUT2D eigenvalue weighted by molar-refractivity contribution is 5.80. The van der Waals surface area contributed by atoms with Gasteiger partial charge in [0.25, 0.3) is 0 Å². The highest BCUT2D eigenvalue weighted by Gasteiger charge is 2.19. The fourth-order valence-corrected chi connectivity index (χ4v) is 3.88. The van der Waals surface area contributed by atoms with E-state index in [1.54, 1.807) is 0 Å². The SMILES string of the molecule is CCNC(=NCCCCN1CCN(CC)CC1)NC1CCC(C)CC1. The van der Waals surface area contributed by atoms with Crippen LogP contribution in [-0.2, 0) is 0 Å². The van der Waals surface area contributed by atoms with Crippen molar-refractivity contribution in [3.63, 3.8) is 0 Å². The molecule has 1 saturated carbocycles. The number of piperazine rings is 1. The van der Waals surface area contributed by atoms with E-state index in [0.717, 1.165) is 25.0 Å². The maximum absolute atomic E-state index is 4.80. The molecule has 0 bridgehead atoms. The Balaban J connectivity index is 1.60. The lowest BCUT2D eigenvalue weighted by molar-refractivity contribution is 0.136. The summed E-state index contributed by atoms with van der Waals surface area (Å²) in [6, 6.07) is 0.615. The normalized spacial score (nSPS) is 26.6. The predicted molar refractivity (Wildman–Crippen MR) is 108 cm³/mol. The Hall–Kier alpha value is -0.810. The second kappa shape index (κ2) is 11.7. The summed E-state index contributed by atoms with van der Waals surface area (Å²) in [4.78, 5) is 9.96. The zero-order chi connectivity index (χ0) is 17.9. The number of rotatable bonds is 8. The van der Waals surface area contributed by atoms with Gasteiger partial charge in [-0.15, -0.1) is 0 Å². The summed E-state index contributed by atoms with van der Waals surface area (Å²) in [5.41, 5.74) is 0. The standard InChI is InChI=1S/C20H41N5/c1-4-21-20(23-19-10-8-18(3)9-11-19)22-12-6-7-13-25-16-14-24(5-2)15-17-25/h18-19H,4-17H2,1-3H3,(H2,21,22,23). The molecule has 1 heterocycles. The molecule has 1 aliphatic carbocycles. The number of unbranched alkanes of at least 4 members (excludes halogenated alkanes) is 1. The average molecular weight is 352 g/mol. The van der Waals surface area contributed by atoms with Crippen LogP contribution in [0.15, 0.2) is 4.99 Å². The molecule has 5 heteroatoms. The topological polar surface area (TPSA) is 42.9 Å². The Morgan fingerprint density at radius 2 is 1.64 bits per heavy atom. The highest BCUT2D eigenvalue weighted by Crippen LogP contribution is 2.23. The van der Waals surface area contributed by atoms with Gasteiger partial charge >= 0.3 is 0 Å². The number of likely N-dealkylation sites (N-methyl/N-ethyl adjacent to an activating group) is 1. The monoisotopic (exact) mass is 351 g/mol. The third kappa shape index (κ3) is 7.95. The molecule has 1 saturated heterocycles. The summed E-state index contributed by atoms with van der Waals surface area (Å²) in [5.74, 6) is 1.93. The lowest BCUT2D eigenvalue weighted by atomic mass is 9.87. The van der Waals surface area contributed by atoms with Gasteiger partial charge < -0.3 is 20.4 Å². The second-order valence-electron chi connectivity index (χ2n) is 7.84. The van der Waals surface area contributed by atoms with Gasteiger partial charge in [0.05, 0.1) is 0 Å². The summed E-state index contributed by atoms with van der Waals surface area (Å²) < 4.78 is 0. The van der Waals surface area contributed by atoms with Crippen LogP contribution in [0.3, 0.4) is 0 Å². The highest BCUT2D eigenvalue weighted by atomic mass is 15.3. The van der Waals surface area contributed by atoms with Gasteiger partial charge in [-0.25, -0.2) is 0 Å². The molecular weight excluding hydrogens is 310 g/mol. The molecule has 0 radical (unpaired) electrons. The number of guanidine groups is 1. The van der Waals surface area contributed by atoms with Crippen molar-refractivity contribution in [3.05, 3.63) is 0 Å². The molecule has 0 aromatic carbocycles. The van der Waals surface area contributed by atoms with Crippen molar-refractivity contribution in [2.45, 2.75) is 65.3 Å². The van der Waals surface area contributed by atoms with Crippen LogP contribution in [0.1, 0.15) is 59.3 Å². The van der Waals surface area contributed by atoms with E-state index in [-0.39, 0.29) is 0 Å². The van der Waals surface area contributed by atoms with Crippen molar-refractivity contribution < 1.29 is 0 Å². The van der Waals surface area contributed by atoms with Crippen molar-refractivity contribution in [3.8, 4) is 0 Å². The molecular formula is C20H41N5. The van der Waals surface area contributed by atoms with E-state index in [4.69, 9.17) is 4.99 Å². The minimum absolute atomic E-state index is 0.615. The zero-order valence-corrected chi connectivity index (χ0v) is 16.9. The maximum Gasteiger partial charge on any atom is 0.191 e. The molecule has 2 rings (SSSR count). The zero-order valence-electron chi connectivity index (χ0n) is 16.9. The van der Waals surface area contributed by atoms with Gasteiger partial charge in [0, 0.05) is 45.3 Å². The molecule has 0 aromatic rings. The Morgan fingerprint density at radius 3 is 2.28 bits per heavy atom. The van der Waals surface area contributed by atoms with Gasteiger partial charge in [-0.1, -0.05) is 13.8 Å². The van der Waals surface area contributed by atoms with Crippen LogP contribution in [0.25, 0.3) is 0 Å². The van der Waals surface area contributed by atoms with Crippen molar-refractivity contribution >= 4 is 5.96 Å². The average Bonchev–Trinajstić information content (AvgIpc) is 2.64. The molecule has 5 nitrogen and oxygen atoms in total. The molecule has 0 unspecified atom stereocenters. The number of hydrogen-bond acceptors (Lipinski definition) is 3. The van der Waals surface area contributed by atoms with Crippen LogP contribution in [-0.4, -0.2) is 74.2 Å². The number of aliphatic imine (C=N–C) groups is 1. The van der Waals surface area contributed by atoms with Crippen molar-refractivity contribution in [1.29, 1.82) is 0 Å². The molecule has 1 aliphatic heterocycles. The maximum atomic E-state index is 4.80. The van der Waals surface area contributed by atoms with Gasteiger partial charge in [-0.3, -0.25) is 4.99 Å². The number of hydrogen-bond donors (Lipinski definition) is 2. The Bertz CT molecular complexity index is 368. The van der Waals surface area contributed by atoms with Crippen molar-refractivity contribution in [2.75, 3.05) is 52.4 Å². The molecule has 0 aromatic heterocycles. The van der Waals surface area contributed by atoms with Crippen LogP contribution < -0.4 is 10.6 Å². The first-order valence-electron chi connectivity index (χ1n) is 10.7. The summed E-state index contributed by atoms with van der Waals surface area (Å²) in [6.07, 6.45) is 7.72. The first-order valence-corrected chi connectivity index (χ1v) is 10.7. The first kappa shape index (κ1) is 20.5. The third-order valence-electron chi connectivity index (χ3n) is 5.77. The smallest absolute Gasteiger partial charge is 0.191 e. The summed E-state index contributed by atoms with van der Waals surface area (Å²) in [7, 11) is 0. The van der Waals surface area contributed by atoms with Gasteiger partial charge in [0.1, 0.15) is 0 Å². The third-order valence-corrected chi connectivity index (χ3v) is 5.77. The number of nitrogens with zero attached hydrogens (tertiary/aromatic N) is 3. The summed E-state index contributed by atoms with van der Waals surface area (Å²) in [6.45, 7) is 16.0. The van der Waals surface area contributed by atoms with Crippen LogP contribution in [0.5, 0.6) is 0 Å². The molecule has 0 atom stereocenters. The van der Waals surface area contributed by atoms with Gasteiger partial charge in [0.2, 0.25) is 0 Å². The minimum atomic E-state index is 0.615. The van der Waals surface area contributed by atoms with Gasteiger partial charge in [0.15, 0.2) is 5.96 Å². The largest absolute Gasteiger partial charge is 0.357 e. The molecule has 146 valence electrons.